The summed E-state index contributed by atoms with van der Waals surface area (Å²) in [5.74, 6) is -0.0539. The number of benzene rings is 2. The van der Waals surface area contributed by atoms with Gasteiger partial charge in [0, 0.05) is 0 Å². The van der Waals surface area contributed by atoms with Gasteiger partial charge in [-0.1, -0.05) is 12.1 Å². The van der Waals surface area contributed by atoms with Crippen LogP contribution in [0.25, 0.3) is 0 Å². The summed E-state index contributed by atoms with van der Waals surface area (Å²) in [7, 11) is 2.00. The molecule has 1 heterocycles. The molecular formula is C19H20FNO3. The van der Waals surface area contributed by atoms with E-state index in [9.17, 15) is 14.3 Å². The zero-order valence-electron chi connectivity index (χ0n) is 13.5. The Morgan fingerprint density at radius 1 is 1.12 bits per heavy atom. The van der Waals surface area contributed by atoms with Gasteiger partial charge in [-0.2, -0.15) is 0 Å². The van der Waals surface area contributed by atoms with Crippen LogP contribution in [0.3, 0.4) is 0 Å². The van der Waals surface area contributed by atoms with E-state index in [2.05, 4.69) is 4.90 Å². The normalized spacial score (nSPS) is 17.4. The summed E-state index contributed by atoms with van der Waals surface area (Å²) in [6.45, 7) is 1.49. The van der Waals surface area contributed by atoms with Gasteiger partial charge in [-0.3, -0.25) is 4.79 Å². The number of rotatable bonds is 4. The van der Waals surface area contributed by atoms with Gasteiger partial charge >= 0.3 is 5.97 Å². The average molecular weight is 329 g/mol. The highest BCUT2D eigenvalue weighted by molar-refractivity contribution is 5.81. The van der Waals surface area contributed by atoms with Gasteiger partial charge < -0.3 is 14.7 Å². The van der Waals surface area contributed by atoms with Crippen LogP contribution >= 0.6 is 0 Å². The lowest BCUT2D eigenvalue weighted by Gasteiger charge is -2.37. The van der Waals surface area contributed by atoms with Crippen LogP contribution in [0, 0.1) is 5.82 Å². The van der Waals surface area contributed by atoms with Crippen molar-refractivity contribution in [2.45, 2.75) is 18.3 Å². The number of carbonyl (C=O) groups is 1. The molecule has 24 heavy (non-hydrogen) atoms. The molecule has 1 saturated heterocycles. The molecule has 1 fully saturated rings. The van der Waals surface area contributed by atoms with Gasteiger partial charge in [0.1, 0.15) is 17.3 Å². The monoisotopic (exact) mass is 329 g/mol. The maximum Gasteiger partial charge on any atom is 0.314 e. The molecule has 1 aliphatic rings. The summed E-state index contributed by atoms with van der Waals surface area (Å²) in [6.07, 6.45) is 1.14. The van der Waals surface area contributed by atoms with Crippen molar-refractivity contribution >= 4 is 5.97 Å². The van der Waals surface area contributed by atoms with Crippen LogP contribution in [0.2, 0.25) is 0 Å². The largest absolute Gasteiger partial charge is 0.481 e. The van der Waals surface area contributed by atoms with Crippen LogP contribution in [-0.4, -0.2) is 36.1 Å². The molecule has 5 heteroatoms. The molecule has 4 nitrogen and oxygen atoms in total. The zero-order valence-corrected chi connectivity index (χ0v) is 13.5. The first-order chi connectivity index (χ1) is 11.5. The summed E-state index contributed by atoms with van der Waals surface area (Å²) in [5.41, 5.74) is -0.128. The number of likely N-dealkylation sites (tertiary alicyclic amines) is 1. The molecule has 1 aliphatic heterocycles. The molecule has 3 rings (SSSR count). The zero-order chi connectivity index (χ0) is 17.2. The number of ether oxygens (including phenoxy) is 1. The lowest BCUT2D eigenvalue weighted by Crippen LogP contribution is -2.46. The molecule has 0 bridgehead atoms. The second-order valence-electron chi connectivity index (χ2n) is 6.27. The second kappa shape index (κ2) is 6.61. The Morgan fingerprint density at radius 3 is 2.42 bits per heavy atom. The molecule has 2 aromatic rings. The van der Waals surface area contributed by atoms with E-state index >= 15 is 0 Å². The van der Waals surface area contributed by atoms with E-state index in [1.165, 1.54) is 12.1 Å². The molecule has 0 saturated carbocycles. The highest BCUT2D eigenvalue weighted by Gasteiger charge is 2.42. The third kappa shape index (κ3) is 3.26. The lowest BCUT2D eigenvalue weighted by molar-refractivity contribution is -0.145. The van der Waals surface area contributed by atoms with E-state index in [1.807, 2.05) is 13.1 Å². The SMILES string of the molecule is CN1CCC(C(=O)O)(c2cccc(Oc3ccc(F)cc3)c2)CC1. The molecule has 0 amide bonds. The Hall–Kier alpha value is -2.40. The van der Waals surface area contributed by atoms with Crippen molar-refractivity contribution < 1.29 is 19.0 Å². The van der Waals surface area contributed by atoms with Crippen molar-refractivity contribution in [1.82, 2.24) is 4.90 Å². The maximum absolute atomic E-state index is 13.0. The molecule has 0 unspecified atom stereocenters. The molecule has 0 aromatic heterocycles. The van der Waals surface area contributed by atoms with Crippen molar-refractivity contribution in [2.75, 3.05) is 20.1 Å². The fourth-order valence-electron chi connectivity index (χ4n) is 3.12. The quantitative estimate of drug-likeness (QED) is 0.930. The van der Waals surface area contributed by atoms with E-state index in [-0.39, 0.29) is 5.82 Å². The van der Waals surface area contributed by atoms with E-state index < -0.39 is 11.4 Å². The number of halogens is 1. The van der Waals surface area contributed by atoms with Crippen LogP contribution in [0.1, 0.15) is 18.4 Å². The standard InChI is InChI=1S/C19H20FNO3/c1-21-11-9-19(10-12-21,18(22)23)14-3-2-4-17(13-14)24-16-7-5-15(20)6-8-16/h2-8,13H,9-12H2,1H3,(H,22,23). The highest BCUT2D eigenvalue weighted by atomic mass is 19.1. The number of piperidine rings is 1. The molecule has 0 aliphatic carbocycles. The minimum Gasteiger partial charge on any atom is -0.481 e. The Balaban J connectivity index is 1.88. The third-order valence-corrected chi connectivity index (χ3v) is 4.69. The number of nitrogens with zero attached hydrogens (tertiary/aromatic N) is 1. The van der Waals surface area contributed by atoms with E-state index in [0.717, 1.165) is 18.7 Å². The summed E-state index contributed by atoms with van der Waals surface area (Å²) < 4.78 is 18.7. The van der Waals surface area contributed by atoms with Crippen molar-refractivity contribution in [3.8, 4) is 11.5 Å². The second-order valence-corrected chi connectivity index (χ2v) is 6.27. The van der Waals surface area contributed by atoms with Crippen LogP contribution in [0.15, 0.2) is 48.5 Å². The van der Waals surface area contributed by atoms with Crippen molar-refractivity contribution in [3.63, 3.8) is 0 Å². The molecule has 1 N–H and O–H groups in total. The fraction of sp³-hybridized carbons (Fsp3) is 0.316. The number of carboxylic acid groups (broad SMARTS) is 1. The lowest BCUT2D eigenvalue weighted by atomic mass is 9.73. The van der Waals surface area contributed by atoms with Crippen molar-refractivity contribution in [1.29, 1.82) is 0 Å². The first-order valence-corrected chi connectivity index (χ1v) is 7.95. The molecule has 2 aromatic carbocycles. The van der Waals surface area contributed by atoms with Gasteiger partial charge in [0.05, 0.1) is 5.41 Å². The minimum absolute atomic E-state index is 0.327. The predicted octanol–water partition coefficient (Wildman–Crippen LogP) is 3.67. The highest BCUT2D eigenvalue weighted by Crippen LogP contribution is 2.37. The molecule has 0 atom stereocenters. The van der Waals surface area contributed by atoms with Crippen LogP contribution in [0.5, 0.6) is 11.5 Å². The van der Waals surface area contributed by atoms with E-state index in [1.54, 1.807) is 30.3 Å². The van der Waals surface area contributed by atoms with E-state index in [0.29, 0.717) is 24.3 Å². The van der Waals surface area contributed by atoms with Gasteiger partial charge in [0.25, 0.3) is 0 Å². The van der Waals surface area contributed by atoms with Crippen molar-refractivity contribution in [2.24, 2.45) is 0 Å². The van der Waals surface area contributed by atoms with Crippen molar-refractivity contribution in [3.05, 3.63) is 59.9 Å². The smallest absolute Gasteiger partial charge is 0.314 e. The van der Waals surface area contributed by atoms with Crippen LogP contribution in [-0.2, 0) is 10.2 Å². The summed E-state index contributed by atoms with van der Waals surface area (Å²) >= 11 is 0. The first kappa shape index (κ1) is 16.5. The summed E-state index contributed by atoms with van der Waals surface area (Å²) in [5, 5.41) is 9.84. The number of hydrogen-bond donors (Lipinski definition) is 1. The number of aliphatic carboxylic acids is 1. The summed E-state index contributed by atoms with van der Waals surface area (Å²) in [6, 6.07) is 13.0. The minimum atomic E-state index is -0.880. The van der Waals surface area contributed by atoms with Crippen LogP contribution in [0.4, 0.5) is 4.39 Å². The Morgan fingerprint density at radius 2 is 1.79 bits per heavy atom. The Bertz CT molecular complexity index is 722. The average Bonchev–Trinajstić information content (AvgIpc) is 2.58. The van der Waals surface area contributed by atoms with Gasteiger partial charge in [0.15, 0.2) is 0 Å². The Labute approximate surface area is 140 Å². The van der Waals surface area contributed by atoms with E-state index in [4.69, 9.17) is 4.74 Å². The summed E-state index contributed by atoms with van der Waals surface area (Å²) in [4.78, 5) is 14.1. The molecule has 126 valence electrons. The van der Waals surface area contributed by atoms with Gasteiger partial charge in [0.2, 0.25) is 0 Å². The maximum atomic E-state index is 13.0. The molecule has 0 spiro atoms. The first-order valence-electron chi connectivity index (χ1n) is 7.95. The number of carboxylic acids is 1. The molecular weight excluding hydrogens is 309 g/mol. The third-order valence-electron chi connectivity index (χ3n) is 4.69. The Kier molecular flexibility index (Phi) is 4.53. The predicted molar refractivity (Wildman–Crippen MR) is 89.0 cm³/mol. The number of hydrogen-bond acceptors (Lipinski definition) is 3. The fourth-order valence-corrected chi connectivity index (χ4v) is 3.12. The van der Waals surface area contributed by atoms with Gasteiger partial charge in [-0.25, -0.2) is 4.39 Å². The van der Waals surface area contributed by atoms with Crippen LogP contribution < -0.4 is 4.74 Å². The van der Waals surface area contributed by atoms with Gasteiger partial charge in [-0.15, -0.1) is 0 Å². The van der Waals surface area contributed by atoms with Gasteiger partial charge in [-0.05, 0) is 74.9 Å². The molecule has 0 radical (unpaired) electrons. The topological polar surface area (TPSA) is 49.8 Å².